The lowest BCUT2D eigenvalue weighted by Gasteiger charge is -2.10. The summed E-state index contributed by atoms with van der Waals surface area (Å²) in [6.07, 6.45) is 26.2. The standard InChI is InChI=1S/C26H48N4O2/c1-2-3-4-5-6-7-8-9-10-11-12-13-14-15-16-17-18-19-25(31)30-26(32)24(27)20-23-21-28-22-29-23/h21-22,24H,2-20,27H2,1H3,(H,28,29)(H,30,31,32)/t24-/m0/s1. The number of unbranched alkanes of at least 4 members (excludes halogenated alkanes) is 16. The lowest BCUT2D eigenvalue weighted by atomic mass is 10.0. The van der Waals surface area contributed by atoms with Crippen LogP contribution in [0.5, 0.6) is 0 Å². The fourth-order valence-electron chi connectivity index (χ4n) is 4.03. The average molecular weight is 449 g/mol. The van der Waals surface area contributed by atoms with E-state index in [1.54, 1.807) is 12.5 Å². The van der Waals surface area contributed by atoms with Crippen molar-refractivity contribution in [1.82, 2.24) is 15.3 Å². The molecule has 6 heteroatoms. The number of aromatic amines is 1. The third-order valence-corrected chi connectivity index (χ3v) is 6.10. The number of hydrogen-bond donors (Lipinski definition) is 3. The Morgan fingerprint density at radius 1 is 0.844 bits per heavy atom. The summed E-state index contributed by atoms with van der Waals surface area (Å²) in [5.74, 6) is -0.646. The van der Waals surface area contributed by atoms with Gasteiger partial charge in [-0.05, 0) is 6.42 Å². The minimum Gasteiger partial charge on any atom is -0.348 e. The summed E-state index contributed by atoms with van der Waals surface area (Å²) in [5, 5.41) is 2.41. The Morgan fingerprint density at radius 3 is 1.75 bits per heavy atom. The van der Waals surface area contributed by atoms with E-state index < -0.39 is 11.9 Å². The lowest BCUT2D eigenvalue weighted by Crippen LogP contribution is -2.44. The van der Waals surface area contributed by atoms with Crippen LogP contribution < -0.4 is 11.1 Å². The van der Waals surface area contributed by atoms with Gasteiger partial charge in [0.2, 0.25) is 11.8 Å². The monoisotopic (exact) mass is 448 g/mol. The predicted molar refractivity (Wildman–Crippen MR) is 132 cm³/mol. The maximum atomic E-state index is 12.0. The molecule has 184 valence electrons. The molecule has 1 aromatic heterocycles. The molecule has 0 spiro atoms. The van der Waals surface area contributed by atoms with E-state index in [4.69, 9.17) is 5.73 Å². The van der Waals surface area contributed by atoms with Gasteiger partial charge < -0.3 is 10.7 Å². The summed E-state index contributed by atoms with van der Waals surface area (Å²) in [5.41, 5.74) is 6.62. The highest BCUT2D eigenvalue weighted by Crippen LogP contribution is 2.14. The molecule has 32 heavy (non-hydrogen) atoms. The van der Waals surface area contributed by atoms with Gasteiger partial charge in [-0.3, -0.25) is 14.9 Å². The van der Waals surface area contributed by atoms with Crippen LogP contribution in [-0.4, -0.2) is 27.8 Å². The molecule has 0 unspecified atom stereocenters. The van der Waals surface area contributed by atoms with Gasteiger partial charge in [0.15, 0.2) is 0 Å². The van der Waals surface area contributed by atoms with Crippen molar-refractivity contribution >= 4 is 11.8 Å². The fourth-order valence-corrected chi connectivity index (χ4v) is 4.03. The number of nitrogens with zero attached hydrogens (tertiary/aromatic N) is 1. The zero-order valence-corrected chi connectivity index (χ0v) is 20.5. The topological polar surface area (TPSA) is 101 Å². The summed E-state index contributed by atoms with van der Waals surface area (Å²) >= 11 is 0. The summed E-state index contributed by atoms with van der Waals surface area (Å²) in [6, 6.07) is -0.741. The molecule has 1 heterocycles. The van der Waals surface area contributed by atoms with Gasteiger partial charge in [-0.25, -0.2) is 4.98 Å². The maximum Gasteiger partial charge on any atom is 0.243 e. The Balaban J connectivity index is 1.82. The molecule has 0 aromatic carbocycles. The second-order valence-corrected chi connectivity index (χ2v) is 9.21. The summed E-state index contributed by atoms with van der Waals surface area (Å²) in [7, 11) is 0. The Morgan fingerprint density at radius 2 is 1.31 bits per heavy atom. The van der Waals surface area contributed by atoms with Gasteiger partial charge in [-0.2, -0.15) is 0 Å². The van der Waals surface area contributed by atoms with E-state index in [2.05, 4.69) is 22.2 Å². The van der Waals surface area contributed by atoms with E-state index >= 15 is 0 Å². The van der Waals surface area contributed by atoms with E-state index in [0.29, 0.717) is 12.8 Å². The molecule has 0 aliphatic carbocycles. The lowest BCUT2D eigenvalue weighted by molar-refractivity contribution is -0.131. The van der Waals surface area contributed by atoms with Crippen LogP contribution in [0.15, 0.2) is 12.5 Å². The molecule has 0 aliphatic heterocycles. The van der Waals surface area contributed by atoms with Crippen molar-refractivity contribution in [3.8, 4) is 0 Å². The highest BCUT2D eigenvalue weighted by Gasteiger charge is 2.17. The number of H-pyrrole nitrogens is 1. The molecule has 6 nitrogen and oxygen atoms in total. The molecule has 1 atom stereocenters. The molecule has 2 amide bonds. The molecule has 1 aromatic rings. The van der Waals surface area contributed by atoms with Crippen LogP contribution in [-0.2, 0) is 16.0 Å². The van der Waals surface area contributed by atoms with Crippen LogP contribution in [0.3, 0.4) is 0 Å². The summed E-state index contributed by atoms with van der Waals surface area (Å²) in [4.78, 5) is 30.7. The van der Waals surface area contributed by atoms with Gasteiger partial charge >= 0.3 is 0 Å². The van der Waals surface area contributed by atoms with E-state index in [-0.39, 0.29) is 5.91 Å². The smallest absolute Gasteiger partial charge is 0.243 e. The molecular formula is C26H48N4O2. The summed E-state index contributed by atoms with van der Waals surface area (Å²) in [6.45, 7) is 2.27. The molecule has 4 N–H and O–H groups in total. The van der Waals surface area contributed by atoms with E-state index in [1.165, 1.54) is 96.3 Å². The first-order valence-electron chi connectivity index (χ1n) is 13.2. The largest absolute Gasteiger partial charge is 0.348 e. The van der Waals surface area contributed by atoms with Crippen molar-refractivity contribution in [2.24, 2.45) is 5.73 Å². The number of carbonyl (C=O) groups is 2. The molecule has 1 rings (SSSR count). The second-order valence-electron chi connectivity index (χ2n) is 9.21. The zero-order chi connectivity index (χ0) is 23.3. The number of rotatable bonds is 21. The minimum atomic E-state index is -0.741. The van der Waals surface area contributed by atoms with Crippen LogP contribution in [0.25, 0.3) is 0 Å². The Hall–Kier alpha value is -1.69. The Bertz CT molecular complexity index is 574. The second kappa shape index (κ2) is 20.0. The van der Waals surface area contributed by atoms with Crippen molar-refractivity contribution in [1.29, 1.82) is 0 Å². The van der Waals surface area contributed by atoms with Gasteiger partial charge in [-0.15, -0.1) is 0 Å². The number of imide groups is 1. The minimum absolute atomic E-state index is 0.226. The van der Waals surface area contributed by atoms with Crippen LogP contribution in [0.2, 0.25) is 0 Å². The van der Waals surface area contributed by atoms with Gasteiger partial charge in [0.05, 0.1) is 12.4 Å². The van der Waals surface area contributed by atoms with Gasteiger partial charge in [0, 0.05) is 24.7 Å². The number of imidazole rings is 1. The molecule has 0 saturated carbocycles. The van der Waals surface area contributed by atoms with Gasteiger partial charge in [-0.1, -0.05) is 110 Å². The van der Waals surface area contributed by atoms with Crippen LogP contribution in [0.1, 0.15) is 128 Å². The van der Waals surface area contributed by atoms with Crippen molar-refractivity contribution in [2.75, 3.05) is 0 Å². The number of hydrogen-bond acceptors (Lipinski definition) is 4. The number of amides is 2. The number of nitrogens with two attached hydrogens (primary N) is 1. The van der Waals surface area contributed by atoms with Crippen molar-refractivity contribution < 1.29 is 9.59 Å². The first kappa shape index (κ1) is 28.3. The van der Waals surface area contributed by atoms with Crippen LogP contribution in [0, 0.1) is 0 Å². The molecule has 0 aliphatic rings. The Labute approximate surface area is 195 Å². The zero-order valence-electron chi connectivity index (χ0n) is 20.5. The van der Waals surface area contributed by atoms with E-state index in [9.17, 15) is 9.59 Å². The van der Waals surface area contributed by atoms with Crippen molar-refractivity contribution in [2.45, 2.75) is 135 Å². The third kappa shape index (κ3) is 16.0. The first-order valence-corrected chi connectivity index (χ1v) is 13.2. The average Bonchev–Trinajstić information content (AvgIpc) is 3.29. The fraction of sp³-hybridized carbons (Fsp3) is 0.808. The predicted octanol–water partition coefficient (Wildman–Crippen LogP) is 5.96. The van der Waals surface area contributed by atoms with Crippen LogP contribution >= 0.6 is 0 Å². The van der Waals surface area contributed by atoms with Gasteiger partial charge in [0.1, 0.15) is 0 Å². The van der Waals surface area contributed by atoms with Crippen molar-refractivity contribution in [3.05, 3.63) is 18.2 Å². The number of nitrogens with one attached hydrogen (secondary N) is 2. The van der Waals surface area contributed by atoms with Crippen molar-refractivity contribution in [3.63, 3.8) is 0 Å². The van der Waals surface area contributed by atoms with E-state index in [1.807, 2.05) is 0 Å². The highest BCUT2D eigenvalue weighted by molar-refractivity contribution is 5.97. The quantitative estimate of drug-likeness (QED) is 0.202. The number of aromatic nitrogens is 2. The van der Waals surface area contributed by atoms with E-state index in [0.717, 1.165) is 18.5 Å². The molecule has 0 bridgehead atoms. The highest BCUT2D eigenvalue weighted by atomic mass is 16.2. The third-order valence-electron chi connectivity index (χ3n) is 6.10. The molecule has 0 radical (unpaired) electrons. The normalized spacial score (nSPS) is 12.1. The Kier molecular flexibility index (Phi) is 17.7. The SMILES string of the molecule is CCCCCCCCCCCCCCCCCCCC(=O)NC(=O)[C@@H](N)Cc1cnc[nH]1. The first-order chi connectivity index (χ1) is 15.6. The molecule has 0 saturated heterocycles. The van der Waals surface area contributed by atoms with Crippen LogP contribution in [0.4, 0.5) is 0 Å². The van der Waals surface area contributed by atoms with Gasteiger partial charge in [0.25, 0.3) is 0 Å². The summed E-state index contributed by atoms with van der Waals surface area (Å²) < 4.78 is 0. The molecule has 0 fully saturated rings. The maximum absolute atomic E-state index is 12.0. The number of carbonyl (C=O) groups excluding carboxylic acids is 2. The molecular weight excluding hydrogens is 400 g/mol.